The van der Waals surface area contributed by atoms with Crippen LogP contribution in [-0.4, -0.2) is 109 Å². The first-order chi connectivity index (χ1) is 19.2. The first-order valence-electron chi connectivity index (χ1n) is 13.2. The number of hydrogen-bond acceptors (Lipinski definition) is 10. The van der Waals surface area contributed by atoms with Gasteiger partial charge in [-0.25, -0.2) is 4.79 Å². The van der Waals surface area contributed by atoms with Crippen LogP contribution in [0.2, 0.25) is 0 Å². The number of aliphatic hydroxyl groups is 1. The Morgan fingerprint density at radius 3 is 1.54 bits per heavy atom. The third-order valence-corrected chi connectivity index (χ3v) is 5.46. The molecule has 0 spiro atoms. The first-order valence-corrected chi connectivity index (χ1v) is 13.2. The molecule has 0 unspecified atom stereocenters. The maximum Gasteiger partial charge on any atom is 0.326 e. The second-order valence-electron chi connectivity index (χ2n) is 9.74. The zero-order valence-corrected chi connectivity index (χ0v) is 23.7. The Hall–Kier alpha value is -3.83. The van der Waals surface area contributed by atoms with Crippen molar-refractivity contribution < 1.29 is 43.8 Å². The quantitative estimate of drug-likeness (QED) is 0.0604. The molecule has 0 saturated carbocycles. The van der Waals surface area contributed by atoms with Crippen molar-refractivity contribution in [3.63, 3.8) is 0 Å². The van der Waals surface area contributed by atoms with Gasteiger partial charge in [-0.2, -0.15) is 0 Å². The molecule has 17 nitrogen and oxygen atoms in total. The highest BCUT2D eigenvalue weighted by atomic mass is 16.4. The number of carbonyl (C=O) groups is 7. The van der Waals surface area contributed by atoms with Crippen LogP contribution in [0.4, 0.5) is 0 Å². The van der Waals surface area contributed by atoms with Crippen LogP contribution in [0.15, 0.2) is 0 Å². The fourth-order valence-corrected chi connectivity index (χ4v) is 3.29. The summed E-state index contributed by atoms with van der Waals surface area (Å²) >= 11 is 0. The molecule has 6 amide bonds. The van der Waals surface area contributed by atoms with Crippen molar-refractivity contribution in [1.29, 1.82) is 0 Å². The minimum Gasteiger partial charge on any atom is -0.480 e. The average Bonchev–Trinajstić information content (AvgIpc) is 2.90. The van der Waals surface area contributed by atoms with Crippen molar-refractivity contribution in [3.05, 3.63) is 0 Å². The van der Waals surface area contributed by atoms with E-state index in [4.69, 9.17) is 11.5 Å². The number of hydrogen-bond donors (Lipinski definition) is 10. The molecule has 0 aliphatic heterocycles. The minimum absolute atomic E-state index is 0.0186. The zero-order valence-electron chi connectivity index (χ0n) is 23.7. The van der Waals surface area contributed by atoms with Crippen LogP contribution in [0.1, 0.15) is 46.5 Å². The van der Waals surface area contributed by atoms with Crippen molar-refractivity contribution in [3.8, 4) is 0 Å². The van der Waals surface area contributed by atoms with E-state index in [0.29, 0.717) is 19.4 Å². The normalized spacial score (nSPS) is 13.6. The number of aliphatic hydroxyl groups excluding tert-OH is 1. The maximum atomic E-state index is 12.6. The van der Waals surface area contributed by atoms with Crippen molar-refractivity contribution in [2.45, 2.75) is 70.6 Å². The molecule has 41 heavy (non-hydrogen) atoms. The molecule has 0 rings (SSSR count). The number of carbonyl (C=O) groups excluding carboxylic acids is 6. The highest BCUT2D eigenvalue weighted by Crippen LogP contribution is 2.05. The van der Waals surface area contributed by atoms with E-state index in [1.807, 2.05) is 13.8 Å². The lowest BCUT2D eigenvalue weighted by Gasteiger charge is -2.21. The summed E-state index contributed by atoms with van der Waals surface area (Å²) in [4.78, 5) is 84.3. The molecular formula is C24H44N8O9. The molecule has 234 valence electrons. The topological polar surface area (TPSA) is 284 Å². The highest BCUT2D eigenvalue weighted by molar-refractivity contribution is 5.94. The molecule has 0 heterocycles. The summed E-state index contributed by atoms with van der Waals surface area (Å²) < 4.78 is 0. The van der Waals surface area contributed by atoms with Gasteiger partial charge in [0.05, 0.1) is 32.3 Å². The van der Waals surface area contributed by atoms with Crippen LogP contribution in [-0.2, 0) is 33.6 Å². The summed E-state index contributed by atoms with van der Waals surface area (Å²) in [6.45, 7) is 3.00. The van der Waals surface area contributed by atoms with Crippen LogP contribution >= 0.6 is 0 Å². The van der Waals surface area contributed by atoms with E-state index in [1.54, 1.807) is 0 Å². The molecule has 0 saturated heterocycles. The van der Waals surface area contributed by atoms with E-state index in [1.165, 1.54) is 6.92 Å². The lowest BCUT2D eigenvalue weighted by molar-refractivity contribution is -0.142. The zero-order chi connectivity index (χ0) is 31.5. The average molecular weight is 589 g/mol. The predicted molar refractivity (Wildman–Crippen MR) is 146 cm³/mol. The van der Waals surface area contributed by atoms with Gasteiger partial charge in [0.15, 0.2) is 0 Å². The predicted octanol–water partition coefficient (Wildman–Crippen LogP) is -4.61. The Morgan fingerprint density at radius 1 is 0.683 bits per heavy atom. The maximum absolute atomic E-state index is 12.6. The first kappa shape index (κ1) is 37.2. The molecule has 4 atom stereocenters. The van der Waals surface area contributed by atoms with E-state index in [9.17, 15) is 43.8 Å². The summed E-state index contributed by atoms with van der Waals surface area (Å²) in [6, 6.07) is -4.48. The fourth-order valence-electron chi connectivity index (χ4n) is 3.29. The Labute approximate surface area is 238 Å². The number of nitrogens with one attached hydrogen (secondary N) is 6. The third kappa shape index (κ3) is 16.8. The van der Waals surface area contributed by atoms with Crippen molar-refractivity contribution in [1.82, 2.24) is 31.9 Å². The van der Waals surface area contributed by atoms with Gasteiger partial charge in [0.2, 0.25) is 35.4 Å². The molecule has 12 N–H and O–H groups in total. The van der Waals surface area contributed by atoms with Crippen molar-refractivity contribution in [2.24, 2.45) is 17.4 Å². The van der Waals surface area contributed by atoms with Gasteiger partial charge in [0.25, 0.3) is 0 Å². The van der Waals surface area contributed by atoms with Crippen LogP contribution in [0.25, 0.3) is 0 Å². The number of aliphatic carboxylic acids is 1. The number of carboxylic acid groups (broad SMARTS) is 1. The molecule has 0 aromatic carbocycles. The van der Waals surface area contributed by atoms with E-state index >= 15 is 0 Å². The van der Waals surface area contributed by atoms with Crippen LogP contribution < -0.4 is 43.4 Å². The van der Waals surface area contributed by atoms with Gasteiger partial charge in [0.1, 0.15) is 18.1 Å². The lowest BCUT2D eigenvalue weighted by Crippen LogP contribution is -2.55. The fraction of sp³-hybridized carbons (Fsp3) is 0.708. The largest absolute Gasteiger partial charge is 0.480 e. The molecule has 17 heteroatoms. The van der Waals surface area contributed by atoms with Gasteiger partial charge in [-0.15, -0.1) is 0 Å². The number of nitrogens with two attached hydrogens (primary N) is 2. The molecular weight excluding hydrogens is 544 g/mol. The van der Waals surface area contributed by atoms with Crippen molar-refractivity contribution in [2.75, 3.05) is 32.8 Å². The smallest absolute Gasteiger partial charge is 0.326 e. The van der Waals surface area contributed by atoms with E-state index in [2.05, 4.69) is 31.9 Å². The van der Waals surface area contributed by atoms with Gasteiger partial charge in [-0.3, -0.25) is 28.8 Å². The standard InChI is InChI=1S/C24H44N8O9/c1-13(2)8-16(31-19(35)9-27-21(37)14(3)26)22(38)28-11-20(36)32-17(12-33)23(39)29-10-18(34)30-15(24(40)41)6-4-5-7-25/h13-17,33H,4-12,25-26H2,1-3H3,(H,27,37)(H,28,38)(H,29,39)(H,30,34)(H,31,35)(H,32,36)(H,40,41)/t14-,15-,16-,17-/m0/s1. The number of rotatable bonds is 20. The monoisotopic (exact) mass is 588 g/mol. The molecule has 0 aromatic rings. The van der Waals surface area contributed by atoms with Crippen molar-refractivity contribution >= 4 is 41.4 Å². The third-order valence-electron chi connectivity index (χ3n) is 5.46. The van der Waals surface area contributed by atoms with Gasteiger partial charge in [0, 0.05) is 0 Å². The van der Waals surface area contributed by atoms with Gasteiger partial charge >= 0.3 is 5.97 Å². The lowest BCUT2D eigenvalue weighted by atomic mass is 10.0. The summed E-state index contributed by atoms with van der Waals surface area (Å²) in [5.41, 5.74) is 10.8. The molecule has 0 aliphatic rings. The Kier molecular flexibility index (Phi) is 18.2. The summed E-state index contributed by atoms with van der Waals surface area (Å²) in [7, 11) is 0. The van der Waals surface area contributed by atoms with Crippen LogP contribution in [0, 0.1) is 5.92 Å². The second-order valence-corrected chi connectivity index (χ2v) is 9.74. The van der Waals surface area contributed by atoms with Crippen LogP contribution in [0.3, 0.4) is 0 Å². The summed E-state index contributed by atoms with van der Waals surface area (Å²) in [5, 5.41) is 32.5. The van der Waals surface area contributed by atoms with Gasteiger partial charge in [-0.05, 0) is 45.1 Å². The summed E-state index contributed by atoms with van der Waals surface area (Å²) in [6.07, 6.45) is 1.43. The number of carboxylic acids is 1. The minimum atomic E-state index is -1.47. The van der Waals surface area contributed by atoms with Gasteiger partial charge < -0.3 is 53.6 Å². The molecule has 0 aromatic heterocycles. The number of unbranched alkanes of at least 4 members (excludes halogenated alkanes) is 1. The second kappa shape index (κ2) is 20.1. The molecule has 0 fully saturated rings. The van der Waals surface area contributed by atoms with E-state index in [-0.39, 0.29) is 18.8 Å². The van der Waals surface area contributed by atoms with Gasteiger partial charge in [-0.1, -0.05) is 13.8 Å². The Balaban J connectivity index is 4.81. The summed E-state index contributed by atoms with van der Waals surface area (Å²) in [5.74, 6) is -5.70. The number of amides is 6. The molecule has 0 bridgehead atoms. The molecule has 0 radical (unpaired) electrons. The van der Waals surface area contributed by atoms with E-state index < -0.39 is 91.8 Å². The highest BCUT2D eigenvalue weighted by Gasteiger charge is 2.25. The van der Waals surface area contributed by atoms with Crippen LogP contribution in [0.5, 0.6) is 0 Å². The van der Waals surface area contributed by atoms with E-state index in [0.717, 1.165) is 0 Å². The SMILES string of the molecule is CC(C)C[C@H](NC(=O)CNC(=O)[C@H](C)N)C(=O)NCC(=O)N[C@@H](CO)C(=O)NCC(=O)N[C@@H](CCCCN)C(=O)O. The Morgan fingerprint density at radius 2 is 1.12 bits per heavy atom. The molecule has 0 aliphatic carbocycles. The Bertz CT molecular complexity index is 914.